The molecule has 1 atom stereocenters. The lowest BCUT2D eigenvalue weighted by Crippen LogP contribution is -2.39. The van der Waals surface area contributed by atoms with Gasteiger partial charge in [-0.3, -0.25) is 19.1 Å². The number of rotatable bonds is 7. The summed E-state index contributed by atoms with van der Waals surface area (Å²) in [7, 11) is 1.63. The number of ketones is 1. The molecule has 8 heteroatoms. The highest BCUT2D eigenvalue weighted by Gasteiger charge is 2.51. The molecule has 2 fully saturated rings. The molecule has 3 rings (SSSR count). The summed E-state index contributed by atoms with van der Waals surface area (Å²) in [5, 5.41) is 4.40. The monoisotopic (exact) mass is 390 g/mol. The van der Waals surface area contributed by atoms with Crippen molar-refractivity contribution in [2.45, 2.75) is 46.6 Å². The van der Waals surface area contributed by atoms with Gasteiger partial charge in [-0.05, 0) is 33.6 Å². The molecule has 1 aromatic rings. The lowest BCUT2D eigenvalue weighted by molar-refractivity contribution is -0.137. The molecule has 2 amide bonds. The van der Waals surface area contributed by atoms with Gasteiger partial charge < -0.3 is 14.5 Å². The molecule has 2 aliphatic rings. The van der Waals surface area contributed by atoms with Crippen LogP contribution < -0.4 is 0 Å². The van der Waals surface area contributed by atoms with Crippen LogP contribution in [0.1, 0.15) is 47.9 Å². The van der Waals surface area contributed by atoms with E-state index in [0.29, 0.717) is 50.5 Å². The normalized spacial score (nSPS) is 21.9. The highest BCUT2D eigenvalue weighted by Crippen LogP contribution is 2.40. The molecule has 0 N–H and O–H groups in total. The molecule has 0 aliphatic carbocycles. The van der Waals surface area contributed by atoms with Gasteiger partial charge in [0.2, 0.25) is 11.8 Å². The zero-order valence-corrected chi connectivity index (χ0v) is 17.3. The first-order chi connectivity index (χ1) is 13.3. The van der Waals surface area contributed by atoms with Crippen molar-refractivity contribution in [3.8, 4) is 0 Å². The minimum absolute atomic E-state index is 0.00756. The molecule has 8 nitrogen and oxygen atoms in total. The summed E-state index contributed by atoms with van der Waals surface area (Å²) in [5.74, 6) is 0.188. The number of likely N-dealkylation sites (tertiary alicyclic amines) is 2. The standard InChI is InChI=1S/C20H30N4O4/c1-14-18(16(3)25)15(2)24(21-14)8-5-17(26)23-10-7-20(13-23)6-9-22(19(20)27)11-12-28-4/h5-13H2,1-4H3. The van der Waals surface area contributed by atoms with E-state index in [4.69, 9.17) is 4.74 Å². The van der Waals surface area contributed by atoms with E-state index in [-0.39, 0.29) is 17.6 Å². The van der Waals surface area contributed by atoms with Gasteiger partial charge in [-0.1, -0.05) is 0 Å². The number of hydrogen-bond donors (Lipinski definition) is 0. The van der Waals surface area contributed by atoms with Crippen molar-refractivity contribution in [2.75, 3.05) is 39.9 Å². The van der Waals surface area contributed by atoms with Crippen LogP contribution in [0.25, 0.3) is 0 Å². The largest absolute Gasteiger partial charge is 0.383 e. The molecule has 1 aromatic heterocycles. The van der Waals surface area contributed by atoms with Crippen molar-refractivity contribution in [3.63, 3.8) is 0 Å². The Morgan fingerprint density at radius 1 is 1.18 bits per heavy atom. The Morgan fingerprint density at radius 2 is 1.89 bits per heavy atom. The Balaban J connectivity index is 1.58. The maximum atomic E-state index is 12.8. The second kappa shape index (κ2) is 8.03. The summed E-state index contributed by atoms with van der Waals surface area (Å²) >= 11 is 0. The third-order valence-corrected chi connectivity index (χ3v) is 6.14. The fraction of sp³-hybridized carbons (Fsp3) is 0.700. The molecule has 0 aromatic carbocycles. The molecule has 1 unspecified atom stereocenters. The topological polar surface area (TPSA) is 84.7 Å². The third-order valence-electron chi connectivity index (χ3n) is 6.14. The average Bonchev–Trinajstić information content (AvgIpc) is 3.30. The third kappa shape index (κ3) is 3.70. The molecule has 0 bridgehead atoms. The molecular formula is C20H30N4O4. The van der Waals surface area contributed by atoms with Crippen LogP contribution in [-0.2, 0) is 20.9 Å². The van der Waals surface area contributed by atoms with E-state index in [2.05, 4.69) is 5.10 Å². The number of ether oxygens (including phenoxy) is 1. The quantitative estimate of drug-likeness (QED) is 0.653. The number of carbonyl (C=O) groups excluding carboxylic acids is 3. The van der Waals surface area contributed by atoms with E-state index in [1.54, 1.807) is 11.8 Å². The van der Waals surface area contributed by atoms with E-state index >= 15 is 0 Å². The van der Waals surface area contributed by atoms with Gasteiger partial charge in [0.1, 0.15) is 0 Å². The first kappa shape index (κ1) is 20.5. The Hall–Kier alpha value is -2.22. The maximum Gasteiger partial charge on any atom is 0.230 e. The highest BCUT2D eigenvalue weighted by molar-refractivity contribution is 5.96. The van der Waals surface area contributed by atoms with Gasteiger partial charge >= 0.3 is 0 Å². The van der Waals surface area contributed by atoms with Gasteiger partial charge in [-0.15, -0.1) is 0 Å². The predicted molar refractivity (Wildman–Crippen MR) is 103 cm³/mol. The second-order valence-corrected chi connectivity index (χ2v) is 7.96. The number of Topliss-reactive ketones (excluding diaryl/α,β-unsaturated/α-hetero) is 1. The van der Waals surface area contributed by atoms with E-state index in [1.807, 2.05) is 23.6 Å². The average molecular weight is 390 g/mol. The van der Waals surface area contributed by atoms with Crippen LogP contribution in [0.3, 0.4) is 0 Å². The van der Waals surface area contributed by atoms with Crippen molar-refractivity contribution < 1.29 is 19.1 Å². The van der Waals surface area contributed by atoms with Crippen LogP contribution in [-0.4, -0.2) is 77.1 Å². The zero-order valence-electron chi connectivity index (χ0n) is 17.3. The van der Waals surface area contributed by atoms with E-state index in [9.17, 15) is 14.4 Å². The Morgan fingerprint density at radius 3 is 2.54 bits per heavy atom. The van der Waals surface area contributed by atoms with Gasteiger partial charge in [0.15, 0.2) is 5.78 Å². The van der Waals surface area contributed by atoms with Crippen LogP contribution in [0.5, 0.6) is 0 Å². The fourth-order valence-corrected chi connectivity index (χ4v) is 4.56. The summed E-state index contributed by atoms with van der Waals surface area (Å²) in [6.07, 6.45) is 1.85. The number of nitrogens with zero attached hydrogens (tertiary/aromatic N) is 4. The Labute approximate surface area is 165 Å². The number of carbonyl (C=O) groups is 3. The van der Waals surface area contributed by atoms with Crippen LogP contribution in [0.4, 0.5) is 0 Å². The zero-order chi connectivity index (χ0) is 20.5. The van der Waals surface area contributed by atoms with Crippen molar-refractivity contribution >= 4 is 17.6 Å². The summed E-state index contributed by atoms with van der Waals surface area (Å²) in [6.45, 7) is 8.66. The van der Waals surface area contributed by atoms with E-state index in [1.165, 1.54) is 6.92 Å². The first-order valence-corrected chi connectivity index (χ1v) is 9.90. The number of amides is 2. The van der Waals surface area contributed by atoms with Gasteiger partial charge in [-0.25, -0.2) is 0 Å². The second-order valence-electron chi connectivity index (χ2n) is 7.96. The van der Waals surface area contributed by atoms with Crippen LogP contribution in [0.15, 0.2) is 0 Å². The molecule has 0 radical (unpaired) electrons. The van der Waals surface area contributed by atoms with E-state index < -0.39 is 5.41 Å². The van der Waals surface area contributed by atoms with Crippen LogP contribution in [0, 0.1) is 19.3 Å². The molecule has 154 valence electrons. The summed E-state index contributed by atoms with van der Waals surface area (Å²) < 4.78 is 6.82. The molecular weight excluding hydrogens is 360 g/mol. The number of aromatic nitrogens is 2. The predicted octanol–water partition coefficient (Wildman–Crippen LogP) is 1.19. The molecule has 1 spiro atoms. The summed E-state index contributed by atoms with van der Waals surface area (Å²) in [6, 6.07) is 0. The van der Waals surface area contributed by atoms with Gasteiger partial charge in [0, 0.05) is 51.9 Å². The Bertz CT molecular complexity index is 787. The summed E-state index contributed by atoms with van der Waals surface area (Å²) in [4.78, 5) is 41.0. The van der Waals surface area contributed by atoms with Crippen molar-refractivity contribution in [3.05, 3.63) is 17.0 Å². The molecule has 2 saturated heterocycles. The molecule has 2 aliphatic heterocycles. The minimum Gasteiger partial charge on any atom is -0.383 e. The molecule has 28 heavy (non-hydrogen) atoms. The lowest BCUT2D eigenvalue weighted by Gasteiger charge is -2.23. The van der Waals surface area contributed by atoms with Gasteiger partial charge in [0.25, 0.3) is 0 Å². The molecule has 0 saturated carbocycles. The lowest BCUT2D eigenvalue weighted by atomic mass is 9.85. The smallest absolute Gasteiger partial charge is 0.230 e. The number of methoxy groups -OCH3 is 1. The Kier molecular flexibility index (Phi) is 5.88. The number of hydrogen-bond acceptors (Lipinski definition) is 5. The highest BCUT2D eigenvalue weighted by atomic mass is 16.5. The maximum absolute atomic E-state index is 12.8. The minimum atomic E-state index is -0.413. The number of aryl methyl sites for hydroxylation is 2. The van der Waals surface area contributed by atoms with Crippen LogP contribution in [0.2, 0.25) is 0 Å². The SMILES string of the molecule is COCCN1CCC2(CCN(C(=O)CCn3nc(C)c(C(C)=O)c3C)C2)C1=O. The van der Waals surface area contributed by atoms with Crippen molar-refractivity contribution in [2.24, 2.45) is 5.41 Å². The molecule has 3 heterocycles. The summed E-state index contributed by atoms with van der Waals surface area (Å²) in [5.41, 5.74) is 1.73. The van der Waals surface area contributed by atoms with Gasteiger partial charge in [-0.2, -0.15) is 5.10 Å². The van der Waals surface area contributed by atoms with Gasteiger partial charge in [0.05, 0.1) is 23.3 Å². The van der Waals surface area contributed by atoms with E-state index in [0.717, 1.165) is 25.1 Å². The van der Waals surface area contributed by atoms with Crippen LogP contribution >= 0.6 is 0 Å². The first-order valence-electron chi connectivity index (χ1n) is 9.90. The fourth-order valence-electron chi connectivity index (χ4n) is 4.56. The van der Waals surface area contributed by atoms with Crippen molar-refractivity contribution in [1.82, 2.24) is 19.6 Å². The van der Waals surface area contributed by atoms with Crippen molar-refractivity contribution in [1.29, 1.82) is 0 Å².